The summed E-state index contributed by atoms with van der Waals surface area (Å²) in [5.74, 6) is 1.11. The highest BCUT2D eigenvalue weighted by Crippen LogP contribution is 2.21. The van der Waals surface area contributed by atoms with Gasteiger partial charge in [-0.3, -0.25) is 9.78 Å². The molecule has 20 heavy (non-hydrogen) atoms. The summed E-state index contributed by atoms with van der Waals surface area (Å²) in [4.78, 5) is 16.7. The van der Waals surface area contributed by atoms with Crippen LogP contribution >= 0.6 is 0 Å². The molecule has 0 atom stereocenters. The molecule has 0 spiro atoms. The van der Waals surface area contributed by atoms with Crippen LogP contribution in [-0.2, 0) is 0 Å². The number of nitrogens with one attached hydrogen (secondary N) is 1. The standard InChI is InChI=1S/C16H20N2O2/c1-10(2)9-17-16(19)14-8-12-7-13(20-4)5-6-15(12)18-11(14)3/h5-8,10H,9H2,1-4H3,(H,17,19). The van der Waals surface area contributed by atoms with E-state index in [4.69, 9.17) is 4.74 Å². The lowest BCUT2D eigenvalue weighted by Gasteiger charge is -2.10. The molecule has 1 N–H and O–H groups in total. The lowest BCUT2D eigenvalue weighted by atomic mass is 10.1. The number of hydrogen-bond acceptors (Lipinski definition) is 3. The van der Waals surface area contributed by atoms with E-state index in [1.165, 1.54) is 0 Å². The SMILES string of the molecule is COc1ccc2nc(C)c(C(=O)NCC(C)C)cc2c1. The largest absolute Gasteiger partial charge is 0.497 e. The van der Waals surface area contributed by atoms with Crippen molar-refractivity contribution in [1.29, 1.82) is 0 Å². The van der Waals surface area contributed by atoms with E-state index in [9.17, 15) is 4.79 Å². The molecule has 0 radical (unpaired) electrons. The first-order valence-electron chi connectivity index (χ1n) is 6.75. The Balaban J connectivity index is 2.37. The van der Waals surface area contributed by atoms with Crippen molar-refractivity contribution in [2.45, 2.75) is 20.8 Å². The number of carbonyl (C=O) groups excluding carboxylic acids is 1. The zero-order chi connectivity index (χ0) is 14.7. The molecule has 0 unspecified atom stereocenters. The van der Waals surface area contributed by atoms with Crippen molar-refractivity contribution in [1.82, 2.24) is 10.3 Å². The zero-order valence-electron chi connectivity index (χ0n) is 12.4. The van der Waals surface area contributed by atoms with E-state index in [1.54, 1.807) is 7.11 Å². The molecule has 4 nitrogen and oxygen atoms in total. The van der Waals surface area contributed by atoms with Gasteiger partial charge in [0.25, 0.3) is 5.91 Å². The summed E-state index contributed by atoms with van der Waals surface area (Å²) in [5.41, 5.74) is 2.22. The third-order valence-electron chi connectivity index (χ3n) is 3.13. The second kappa shape index (κ2) is 5.90. The molecule has 2 rings (SSSR count). The summed E-state index contributed by atoms with van der Waals surface area (Å²) in [6.07, 6.45) is 0. The minimum absolute atomic E-state index is 0.0755. The highest BCUT2D eigenvalue weighted by Gasteiger charge is 2.12. The van der Waals surface area contributed by atoms with Crippen molar-refractivity contribution in [2.75, 3.05) is 13.7 Å². The number of aromatic nitrogens is 1. The smallest absolute Gasteiger partial charge is 0.253 e. The highest BCUT2D eigenvalue weighted by atomic mass is 16.5. The summed E-state index contributed by atoms with van der Waals surface area (Å²) >= 11 is 0. The van der Waals surface area contributed by atoms with Crippen LogP contribution in [0.5, 0.6) is 5.75 Å². The number of pyridine rings is 1. The fraction of sp³-hybridized carbons (Fsp3) is 0.375. The third kappa shape index (κ3) is 3.07. The van der Waals surface area contributed by atoms with Crippen molar-refractivity contribution < 1.29 is 9.53 Å². The molecule has 1 aromatic heterocycles. The van der Waals surface area contributed by atoms with Gasteiger partial charge in [0.1, 0.15) is 5.75 Å². The number of nitrogens with zero attached hydrogens (tertiary/aromatic N) is 1. The van der Waals surface area contributed by atoms with Gasteiger partial charge in [0.15, 0.2) is 0 Å². The van der Waals surface area contributed by atoms with Gasteiger partial charge in [0, 0.05) is 11.9 Å². The van der Waals surface area contributed by atoms with Crippen LogP contribution in [0.2, 0.25) is 0 Å². The number of benzene rings is 1. The number of amides is 1. The Bertz CT molecular complexity index is 636. The molecule has 0 saturated carbocycles. The summed E-state index contributed by atoms with van der Waals surface area (Å²) in [5, 5.41) is 3.83. The van der Waals surface area contributed by atoms with E-state index >= 15 is 0 Å². The van der Waals surface area contributed by atoms with E-state index in [0.717, 1.165) is 22.3 Å². The predicted octanol–water partition coefficient (Wildman–Crippen LogP) is 2.94. The molecule has 0 fully saturated rings. The second-order valence-corrected chi connectivity index (χ2v) is 5.28. The number of rotatable bonds is 4. The van der Waals surface area contributed by atoms with Gasteiger partial charge in [-0.25, -0.2) is 0 Å². The fourth-order valence-corrected chi connectivity index (χ4v) is 2.00. The van der Waals surface area contributed by atoms with Gasteiger partial charge in [-0.2, -0.15) is 0 Å². The van der Waals surface area contributed by atoms with E-state index < -0.39 is 0 Å². The molecular weight excluding hydrogens is 252 g/mol. The van der Waals surface area contributed by atoms with Crippen LogP contribution in [0.4, 0.5) is 0 Å². The Morgan fingerprint density at radius 1 is 1.35 bits per heavy atom. The molecule has 0 bridgehead atoms. The number of fused-ring (bicyclic) bond motifs is 1. The second-order valence-electron chi connectivity index (χ2n) is 5.28. The van der Waals surface area contributed by atoms with Crippen molar-refractivity contribution >= 4 is 16.8 Å². The van der Waals surface area contributed by atoms with E-state index in [2.05, 4.69) is 24.1 Å². The molecular formula is C16H20N2O2. The molecule has 1 heterocycles. The van der Waals surface area contributed by atoms with E-state index in [1.807, 2.05) is 31.2 Å². The van der Waals surface area contributed by atoms with E-state index in [-0.39, 0.29) is 5.91 Å². The van der Waals surface area contributed by atoms with E-state index in [0.29, 0.717) is 18.0 Å². The third-order valence-corrected chi connectivity index (χ3v) is 3.13. The number of aryl methyl sites for hydroxylation is 1. The maximum absolute atomic E-state index is 12.2. The molecule has 4 heteroatoms. The van der Waals surface area contributed by atoms with Crippen LogP contribution < -0.4 is 10.1 Å². The number of ether oxygens (including phenoxy) is 1. The Morgan fingerprint density at radius 2 is 2.10 bits per heavy atom. The quantitative estimate of drug-likeness (QED) is 0.931. The van der Waals surface area contributed by atoms with Crippen LogP contribution in [0.25, 0.3) is 10.9 Å². The first-order chi connectivity index (χ1) is 9.51. The topological polar surface area (TPSA) is 51.2 Å². The predicted molar refractivity (Wildman–Crippen MR) is 80.2 cm³/mol. The Labute approximate surface area is 119 Å². The van der Waals surface area contributed by atoms with Gasteiger partial charge in [-0.1, -0.05) is 13.8 Å². The zero-order valence-corrected chi connectivity index (χ0v) is 12.4. The molecule has 1 amide bonds. The molecule has 1 aromatic carbocycles. The van der Waals surface area contributed by atoms with Crippen LogP contribution in [0.15, 0.2) is 24.3 Å². The van der Waals surface area contributed by atoms with Crippen molar-refractivity contribution in [2.24, 2.45) is 5.92 Å². The van der Waals surface area contributed by atoms with Crippen LogP contribution in [0.3, 0.4) is 0 Å². The molecule has 0 aliphatic carbocycles. The number of methoxy groups -OCH3 is 1. The summed E-state index contributed by atoms with van der Waals surface area (Å²) in [6.45, 7) is 6.65. The number of hydrogen-bond donors (Lipinski definition) is 1. The molecule has 0 saturated heterocycles. The van der Waals surface area contributed by atoms with Crippen molar-refractivity contribution in [3.63, 3.8) is 0 Å². The Morgan fingerprint density at radius 3 is 2.75 bits per heavy atom. The van der Waals surface area contributed by atoms with Gasteiger partial charge >= 0.3 is 0 Å². The first-order valence-corrected chi connectivity index (χ1v) is 6.75. The van der Waals surface area contributed by atoms with Gasteiger partial charge < -0.3 is 10.1 Å². The lowest BCUT2D eigenvalue weighted by Crippen LogP contribution is -2.28. The van der Waals surface area contributed by atoms with Gasteiger partial charge in [0.2, 0.25) is 0 Å². The van der Waals surface area contributed by atoms with Gasteiger partial charge in [-0.15, -0.1) is 0 Å². The van der Waals surface area contributed by atoms with Gasteiger partial charge in [-0.05, 0) is 37.1 Å². The molecule has 0 aliphatic heterocycles. The van der Waals surface area contributed by atoms with Crippen LogP contribution in [-0.4, -0.2) is 24.5 Å². The summed E-state index contributed by atoms with van der Waals surface area (Å²) in [7, 11) is 1.62. The summed E-state index contributed by atoms with van der Waals surface area (Å²) in [6, 6.07) is 7.53. The minimum atomic E-state index is -0.0755. The molecule has 106 valence electrons. The maximum atomic E-state index is 12.2. The van der Waals surface area contributed by atoms with Crippen molar-refractivity contribution in [3.05, 3.63) is 35.5 Å². The average Bonchev–Trinajstić information content (AvgIpc) is 2.43. The first kappa shape index (κ1) is 14.3. The maximum Gasteiger partial charge on any atom is 0.253 e. The highest BCUT2D eigenvalue weighted by molar-refractivity contribution is 5.98. The minimum Gasteiger partial charge on any atom is -0.497 e. The average molecular weight is 272 g/mol. The van der Waals surface area contributed by atoms with Gasteiger partial charge in [0.05, 0.1) is 23.9 Å². The van der Waals surface area contributed by atoms with Crippen LogP contribution in [0, 0.1) is 12.8 Å². The molecule has 0 aliphatic rings. The molecule has 2 aromatic rings. The Hall–Kier alpha value is -2.10. The van der Waals surface area contributed by atoms with Crippen molar-refractivity contribution in [3.8, 4) is 5.75 Å². The van der Waals surface area contributed by atoms with Crippen LogP contribution in [0.1, 0.15) is 29.9 Å². The lowest BCUT2D eigenvalue weighted by molar-refractivity contribution is 0.0948. The Kier molecular flexibility index (Phi) is 4.23. The fourth-order valence-electron chi connectivity index (χ4n) is 2.00. The monoisotopic (exact) mass is 272 g/mol. The summed E-state index contributed by atoms with van der Waals surface area (Å²) < 4.78 is 5.20. The number of carbonyl (C=O) groups is 1. The normalized spacial score (nSPS) is 10.8.